The van der Waals surface area contributed by atoms with Gasteiger partial charge in [-0.15, -0.1) is 0 Å². The summed E-state index contributed by atoms with van der Waals surface area (Å²) in [7, 11) is -4.57. The van der Waals surface area contributed by atoms with Crippen molar-refractivity contribution in [2.45, 2.75) is 63.3 Å². The molecule has 10 rings (SSSR count). The first-order chi connectivity index (χ1) is 32.8. The summed E-state index contributed by atoms with van der Waals surface area (Å²) in [5, 5.41) is 20.3. The van der Waals surface area contributed by atoms with Crippen LogP contribution in [0.3, 0.4) is 0 Å². The van der Waals surface area contributed by atoms with Gasteiger partial charge in [-0.2, -0.15) is 0 Å². The number of carbonyl (C=O) groups excluding carboxylic acids is 1. The first kappa shape index (κ1) is 45.9. The number of benzene rings is 3. The number of ether oxygens (including phenoxy) is 1. The van der Waals surface area contributed by atoms with Gasteiger partial charge in [-0.3, -0.25) is 34.5 Å². The van der Waals surface area contributed by atoms with Crippen LogP contribution in [0.5, 0.6) is 0 Å². The van der Waals surface area contributed by atoms with Gasteiger partial charge in [0.15, 0.2) is 5.65 Å². The molecule has 3 fully saturated rings. The Kier molecular flexibility index (Phi) is 12.8. The number of halogens is 1. The summed E-state index contributed by atoms with van der Waals surface area (Å²) >= 11 is 6.27. The van der Waals surface area contributed by atoms with Crippen molar-refractivity contribution >= 4 is 72.2 Å². The van der Waals surface area contributed by atoms with Crippen molar-refractivity contribution in [2.75, 3.05) is 75.8 Å². The van der Waals surface area contributed by atoms with E-state index in [4.69, 9.17) is 21.3 Å². The number of aromatic nitrogens is 4. The molecule has 18 heteroatoms. The Morgan fingerprint density at radius 1 is 0.985 bits per heavy atom. The van der Waals surface area contributed by atoms with Crippen molar-refractivity contribution in [1.82, 2.24) is 34.3 Å². The smallest absolute Gasteiger partial charge is 0.293 e. The summed E-state index contributed by atoms with van der Waals surface area (Å²) < 4.78 is 37.4. The first-order valence-corrected chi connectivity index (χ1v) is 25.4. The Hall–Kier alpha value is -5.85. The summed E-state index contributed by atoms with van der Waals surface area (Å²) in [5.74, 6) is -0.605. The van der Waals surface area contributed by atoms with E-state index in [0.29, 0.717) is 35.0 Å². The van der Waals surface area contributed by atoms with Crippen molar-refractivity contribution in [3.05, 3.63) is 117 Å². The van der Waals surface area contributed by atoms with Crippen LogP contribution in [0, 0.1) is 21.4 Å². The van der Waals surface area contributed by atoms with E-state index in [1.54, 1.807) is 23.1 Å². The average Bonchev–Trinajstić information content (AvgIpc) is 4.11. The third-order valence-corrected chi connectivity index (χ3v) is 15.9. The van der Waals surface area contributed by atoms with Crippen LogP contribution < -0.4 is 14.9 Å². The number of nitrogens with one attached hydrogen (secondary N) is 3. The van der Waals surface area contributed by atoms with Crippen molar-refractivity contribution < 1.29 is 22.9 Å². The lowest BCUT2D eigenvalue weighted by Crippen LogP contribution is -2.47. The maximum atomic E-state index is 14.3. The Bertz CT molecular complexity index is 3010. The molecule has 1 amide bonds. The van der Waals surface area contributed by atoms with E-state index in [1.165, 1.54) is 28.8 Å². The number of hydrogen-bond donors (Lipinski definition) is 3. The molecule has 0 saturated carbocycles. The van der Waals surface area contributed by atoms with Crippen LogP contribution in [0.15, 0.2) is 95.7 Å². The molecular formula is C50H57ClN10O6S. The van der Waals surface area contributed by atoms with Crippen molar-refractivity contribution in [3.63, 3.8) is 0 Å². The van der Waals surface area contributed by atoms with Crippen LogP contribution in [0.1, 0.15) is 68.3 Å². The number of rotatable bonds is 13. The normalized spacial score (nSPS) is 19.8. The van der Waals surface area contributed by atoms with Gasteiger partial charge in [0, 0.05) is 99.6 Å². The number of amides is 1. The number of sulfonamides is 1. The third-order valence-electron chi connectivity index (χ3n) is 14.4. The number of likely N-dealkylation sites (tertiary alicyclic amines) is 1. The lowest BCUT2D eigenvalue weighted by molar-refractivity contribution is -0.384. The second-order valence-electron chi connectivity index (χ2n) is 19.5. The second kappa shape index (κ2) is 18.9. The minimum atomic E-state index is -4.57. The van der Waals surface area contributed by atoms with E-state index >= 15 is 0 Å². The van der Waals surface area contributed by atoms with Crippen LogP contribution >= 0.6 is 11.6 Å². The Balaban J connectivity index is 0.879. The summed E-state index contributed by atoms with van der Waals surface area (Å²) in [6.07, 6.45) is 9.58. The van der Waals surface area contributed by atoms with Gasteiger partial charge in [0.1, 0.15) is 11.2 Å². The first-order valence-electron chi connectivity index (χ1n) is 23.6. The SMILES string of the molecule is CC1(C)CCC(CN2CCN(c3ccc(C(=O)NS(=O)(=O)c4ccc(NCC5CCN(C6CCOCC6)C5)c([N+](=O)[O-])c4)c(-n4[nH]cc5nc6nccc6cc54)c3)CC2)=C(c2ccc(Cl)cc2)C1. The molecule has 0 spiro atoms. The summed E-state index contributed by atoms with van der Waals surface area (Å²) in [4.78, 5) is 42.0. The number of anilines is 2. The summed E-state index contributed by atoms with van der Waals surface area (Å²) in [5.41, 5.74) is 7.39. The molecular weight excluding hydrogens is 904 g/mol. The quantitative estimate of drug-likeness (QED) is 0.0745. The molecule has 1 unspecified atom stereocenters. The molecule has 6 heterocycles. The van der Waals surface area contributed by atoms with Gasteiger partial charge in [-0.05, 0) is 122 Å². The molecule has 0 bridgehead atoms. The number of piperazine rings is 1. The number of allylic oxidation sites excluding steroid dienone is 1. The fourth-order valence-corrected chi connectivity index (χ4v) is 11.6. The van der Waals surface area contributed by atoms with Crippen molar-refractivity contribution in [2.24, 2.45) is 11.3 Å². The molecule has 3 aliphatic heterocycles. The van der Waals surface area contributed by atoms with Gasteiger partial charge >= 0.3 is 0 Å². The predicted molar refractivity (Wildman–Crippen MR) is 265 cm³/mol. The average molecular weight is 962 g/mol. The standard InChI is InChI=1S/C50H57ClN10O6S/c1-50(2)16-11-36(42(28-50)34-3-5-37(51)6-4-34)32-57-19-21-58(22-20-57)39-7-9-41(45(26-39)60-46-25-35-12-17-52-48(35)55-44(46)30-54-60)49(62)56-68(65,66)40-8-10-43(47(27-40)61(63)64)53-29-33-13-18-59(31-33)38-14-23-67-24-15-38/h3-10,12,17,25-27,30,33,38,53-54H,11,13-16,18-24,28-29,31-32H2,1-2H3,(H,56,62). The predicted octanol–water partition coefficient (Wildman–Crippen LogP) is 8.28. The topological polar surface area (TPSA) is 184 Å². The molecule has 4 aliphatic rings. The molecule has 3 aromatic heterocycles. The fraction of sp³-hybridized carbons (Fsp3) is 0.420. The molecule has 1 aliphatic carbocycles. The van der Waals surface area contributed by atoms with E-state index in [1.807, 2.05) is 36.4 Å². The van der Waals surface area contributed by atoms with Gasteiger partial charge in [-0.25, -0.2) is 23.1 Å². The summed E-state index contributed by atoms with van der Waals surface area (Å²) in [6, 6.07) is 21.5. The molecule has 68 heavy (non-hydrogen) atoms. The molecule has 1 atom stereocenters. The summed E-state index contributed by atoms with van der Waals surface area (Å²) in [6.45, 7) is 12.6. The number of carbonyl (C=O) groups is 1. The minimum absolute atomic E-state index is 0.0754. The minimum Gasteiger partial charge on any atom is -0.381 e. The number of nitro benzene ring substituents is 1. The number of H-pyrrole nitrogens is 1. The third kappa shape index (κ3) is 9.72. The number of pyridine rings is 1. The number of aromatic amines is 1. The van der Waals surface area contributed by atoms with Crippen LogP contribution in [-0.2, 0) is 14.8 Å². The number of nitrogens with zero attached hydrogens (tertiary/aromatic N) is 7. The fourth-order valence-electron chi connectivity index (χ4n) is 10.5. The molecule has 3 saturated heterocycles. The van der Waals surface area contributed by atoms with Crippen molar-refractivity contribution in [3.8, 4) is 5.69 Å². The lowest BCUT2D eigenvalue weighted by atomic mass is 9.72. The van der Waals surface area contributed by atoms with Crippen LogP contribution in [-0.4, -0.2) is 120 Å². The highest BCUT2D eigenvalue weighted by Gasteiger charge is 2.32. The largest absolute Gasteiger partial charge is 0.381 e. The number of fused-ring (bicyclic) bond motifs is 2. The Labute approximate surface area is 400 Å². The lowest BCUT2D eigenvalue weighted by Gasteiger charge is -2.39. The Morgan fingerprint density at radius 2 is 1.78 bits per heavy atom. The van der Waals surface area contributed by atoms with E-state index < -0.39 is 25.7 Å². The highest BCUT2D eigenvalue weighted by Crippen LogP contribution is 2.43. The van der Waals surface area contributed by atoms with E-state index in [9.17, 15) is 23.3 Å². The molecule has 356 valence electrons. The molecule has 16 nitrogen and oxygen atoms in total. The van der Waals surface area contributed by atoms with Gasteiger partial charge in [0.25, 0.3) is 21.6 Å². The van der Waals surface area contributed by atoms with E-state index in [2.05, 4.69) is 60.8 Å². The maximum absolute atomic E-state index is 14.3. The zero-order chi connectivity index (χ0) is 47.2. The zero-order valence-electron chi connectivity index (χ0n) is 38.4. The van der Waals surface area contributed by atoms with Gasteiger partial charge < -0.3 is 15.0 Å². The zero-order valence-corrected chi connectivity index (χ0v) is 40.0. The second-order valence-corrected chi connectivity index (χ2v) is 21.6. The Morgan fingerprint density at radius 3 is 2.56 bits per heavy atom. The van der Waals surface area contributed by atoms with Crippen LogP contribution in [0.2, 0.25) is 5.02 Å². The number of hydrogen-bond acceptors (Lipinski definition) is 12. The van der Waals surface area contributed by atoms with Crippen LogP contribution in [0.4, 0.5) is 17.1 Å². The van der Waals surface area contributed by atoms with Crippen molar-refractivity contribution in [1.29, 1.82) is 0 Å². The maximum Gasteiger partial charge on any atom is 0.293 e. The molecule has 0 radical (unpaired) electrons. The highest BCUT2D eigenvalue weighted by molar-refractivity contribution is 7.90. The van der Waals surface area contributed by atoms with Gasteiger partial charge in [-0.1, -0.05) is 43.2 Å². The molecule has 3 aromatic carbocycles. The van der Waals surface area contributed by atoms with Gasteiger partial charge in [0.2, 0.25) is 0 Å². The number of nitro groups is 1. The molecule has 6 aromatic rings. The molecule has 3 N–H and O–H groups in total. The van der Waals surface area contributed by atoms with Crippen LogP contribution in [0.25, 0.3) is 33.3 Å². The highest BCUT2D eigenvalue weighted by atomic mass is 35.5. The monoisotopic (exact) mass is 960 g/mol. The van der Waals surface area contributed by atoms with Gasteiger partial charge in [0.05, 0.1) is 26.6 Å². The van der Waals surface area contributed by atoms with E-state index in [0.717, 1.165) is 120 Å². The van der Waals surface area contributed by atoms with E-state index in [-0.39, 0.29) is 28.3 Å².